The Morgan fingerprint density at radius 3 is 2.60 bits per heavy atom. The van der Waals surface area contributed by atoms with Crippen molar-refractivity contribution in [1.82, 2.24) is 15.5 Å². The summed E-state index contributed by atoms with van der Waals surface area (Å²) in [4.78, 5) is 2.22. The molecule has 1 fully saturated rings. The molecule has 0 atom stereocenters. The summed E-state index contributed by atoms with van der Waals surface area (Å²) >= 11 is 0. The molecule has 1 rings (SSSR count). The molecule has 0 saturated carbocycles. The van der Waals surface area contributed by atoms with Gasteiger partial charge in [-0.15, -0.1) is 0 Å². The van der Waals surface area contributed by atoms with Crippen molar-refractivity contribution < 1.29 is 5.11 Å². The Morgan fingerprint density at radius 2 is 2.00 bits per heavy atom. The Hall–Kier alpha value is -0.160. The highest BCUT2D eigenvalue weighted by molar-refractivity contribution is 4.59. The van der Waals surface area contributed by atoms with Crippen LogP contribution in [0.5, 0.6) is 0 Å². The Kier molecular flexibility index (Phi) is 3.67. The van der Waals surface area contributed by atoms with Crippen LogP contribution in [0.25, 0.3) is 0 Å². The molecule has 60 valence electrons. The molecule has 0 aliphatic carbocycles. The second-order valence-electron chi connectivity index (χ2n) is 2.46. The van der Waals surface area contributed by atoms with Gasteiger partial charge in [0, 0.05) is 19.8 Å². The van der Waals surface area contributed by atoms with Crippen LogP contribution in [0.15, 0.2) is 0 Å². The first-order valence-electron chi connectivity index (χ1n) is 3.68. The molecule has 0 amide bonds. The summed E-state index contributed by atoms with van der Waals surface area (Å²) in [7, 11) is 0. The van der Waals surface area contributed by atoms with Gasteiger partial charge in [-0.2, -0.15) is 0 Å². The van der Waals surface area contributed by atoms with Gasteiger partial charge in [-0.25, -0.2) is 0 Å². The molecule has 0 aromatic carbocycles. The van der Waals surface area contributed by atoms with Crippen molar-refractivity contribution in [3.8, 4) is 0 Å². The van der Waals surface area contributed by atoms with Gasteiger partial charge < -0.3 is 5.11 Å². The molecule has 0 aromatic rings. The minimum absolute atomic E-state index is 0.288. The van der Waals surface area contributed by atoms with E-state index in [9.17, 15) is 0 Å². The lowest BCUT2D eigenvalue weighted by atomic mass is 10.4. The molecule has 0 aromatic heterocycles. The molecule has 0 radical (unpaired) electrons. The predicted molar refractivity (Wildman–Crippen MR) is 39.3 cm³/mol. The third kappa shape index (κ3) is 2.62. The molecule has 1 saturated heterocycles. The number of aliphatic hydroxyl groups excluding tert-OH is 1. The van der Waals surface area contributed by atoms with Gasteiger partial charge in [-0.1, -0.05) is 0 Å². The number of hydrogen-bond acceptors (Lipinski definition) is 4. The van der Waals surface area contributed by atoms with Crippen LogP contribution < -0.4 is 10.6 Å². The molecule has 10 heavy (non-hydrogen) atoms. The van der Waals surface area contributed by atoms with Crippen LogP contribution in [0.3, 0.4) is 0 Å². The van der Waals surface area contributed by atoms with Gasteiger partial charge in [0.2, 0.25) is 0 Å². The number of nitrogens with one attached hydrogen (secondary N) is 2. The van der Waals surface area contributed by atoms with E-state index in [1.807, 2.05) is 0 Å². The molecular weight excluding hydrogens is 130 g/mol. The minimum Gasteiger partial charge on any atom is -0.396 e. The lowest BCUT2D eigenvalue weighted by Crippen LogP contribution is -2.50. The lowest BCUT2D eigenvalue weighted by Gasteiger charge is -2.27. The molecular formula is C6H15N3O. The maximum atomic E-state index is 8.53. The quantitative estimate of drug-likeness (QED) is 0.464. The van der Waals surface area contributed by atoms with Gasteiger partial charge in [0.05, 0.1) is 13.3 Å². The first-order chi connectivity index (χ1) is 4.93. The van der Waals surface area contributed by atoms with Crippen LogP contribution >= 0.6 is 0 Å². The molecule has 4 nitrogen and oxygen atoms in total. The highest BCUT2D eigenvalue weighted by atomic mass is 16.3. The lowest BCUT2D eigenvalue weighted by molar-refractivity contribution is 0.171. The summed E-state index contributed by atoms with van der Waals surface area (Å²) in [6, 6.07) is 0. The summed E-state index contributed by atoms with van der Waals surface area (Å²) in [6.07, 6.45) is 0.864. The number of rotatable bonds is 3. The first-order valence-corrected chi connectivity index (χ1v) is 3.68. The zero-order chi connectivity index (χ0) is 7.23. The summed E-state index contributed by atoms with van der Waals surface area (Å²) in [5.41, 5.74) is 0. The van der Waals surface area contributed by atoms with Crippen molar-refractivity contribution in [3.05, 3.63) is 0 Å². The van der Waals surface area contributed by atoms with E-state index >= 15 is 0 Å². The fourth-order valence-corrected chi connectivity index (χ4v) is 1.02. The standard InChI is InChI=1S/C6H15N3O/c10-3-1-2-9-5-7-4-8-6-9/h7-8,10H,1-6H2. The van der Waals surface area contributed by atoms with E-state index in [4.69, 9.17) is 5.11 Å². The fourth-order valence-electron chi connectivity index (χ4n) is 1.02. The van der Waals surface area contributed by atoms with E-state index in [1.165, 1.54) is 0 Å². The summed E-state index contributed by atoms with van der Waals surface area (Å²) < 4.78 is 0. The van der Waals surface area contributed by atoms with Gasteiger partial charge >= 0.3 is 0 Å². The van der Waals surface area contributed by atoms with Gasteiger partial charge in [0.1, 0.15) is 0 Å². The molecule has 0 unspecified atom stereocenters. The third-order valence-corrected chi connectivity index (χ3v) is 1.55. The van der Waals surface area contributed by atoms with E-state index in [0.717, 1.165) is 33.0 Å². The molecule has 1 aliphatic rings. The van der Waals surface area contributed by atoms with Crippen molar-refractivity contribution in [2.45, 2.75) is 6.42 Å². The summed E-state index contributed by atoms with van der Waals surface area (Å²) in [5, 5.41) is 14.9. The normalized spacial score (nSPS) is 21.3. The van der Waals surface area contributed by atoms with Crippen molar-refractivity contribution in [2.24, 2.45) is 0 Å². The van der Waals surface area contributed by atoms with E-state index < -0.39 is 0 Å². The van der Waals surface area contributed by atoms with Crippen molar-refractivity contribution in [2.75, 3.05) is 33.2 Å². The number of hydrogen-bond donors (Lipinski definition) is 3. The van der Waals surface area contributed by atoms with E-state index in [0.29, 0.717) is 0 Å². The van der Waals surface area contributed by atoms with Crippen LogP contribution in [-0.4, -0.2) is 43.2 Å². The van der Waals surface area contributed by atoms with Crippen molar-refractivity contribution >= 4 is 0 Å². The fraction of sp³-hybridized carbons (Fsp3) is 1.00. The van der Waals surface area contributed by atoms with Crippen molar-refractivity contribution in [3.63, 3.8) is 0 Å². The first kappa shape index (κ1) is 7.94. The van der Waals surface area contributed by atoms with Crippen LogP contribution in [0, 0.1) is 0 Å². The predicted octanol–water partition coefficient (Wildman–Crippen LogP) is -1.26. The largest absolute Gasteiger partial charge is 0.396 e. The van der Waals surface area contributed by atoms with Crippen LogP contribution in [0.1, 0.15) is 6.42 Å². The molecule has 0 spiro atoms. The third-order valence-electron chi connectivity index (χ3n) is 1.55. The van der Waals surface area contributed by atoms with Crippen molar-refractivity contribution in [1.29, 1.82) is 0 Å². The smallest absolute Gasteiger partial charge is 0.0502 e. The second-order valence-corrected chi connectivity index (χ2v) is 2.46. The van der Waals surface area contributed by atoms with Gasteiger partial charge in [-0.3, -0.25) is 15.5 Å². The molecule has 0 bridgehead atoms. The zero-order valence-electron chi connectivity index (χ0n) is 6.14. The monoisotopic (exact) mass is 145 g/mol. The van der Waals surface area contributed by atoms with Gasteiger partial charge in [0.25, 0.3) is 0 Å². The van der Waals surface area contributed by atoms with Crippen LogP contribution in [0.2, 0.25) is 0 Å². The SMILES string of the molecule is OCCCN1CNCNC1. The highest BCUT2D eigenvalue weighted by Gasteiger charge is 2.06. The van der Waals surface area contributed by atoms with Gasteiger partial charge in [-0.05, 0) is 6.42 Å². The summed E-state index contributed by atoms with van der Waals surface area (Å²) in [5.74, 6) is 0. The van der Waals surface area contributed by atoms with E-state index in [2.05, 4.69) is 15.5 Å². The Morgan fingerprint density at radius 1 is 1.30 bits per heavy atom. The molecule has 1 aliphatic heterocycles. The van der Waals surface area contributed by atoms with E-state index in [1.54, 1.807) is 0 Å². The minimum atomic E-state index is 0.288. The maximum absolute atomic E-state index is 8.53. The Bertz CT molecular complexity index is 83.1. The number of nitrogens with zero attached hydrogens (tertiary/aromatic N) is 1. The molecule has 4 heteroatoms. The maximum Gasteiger partial charge on any atom is 0.0502 e. The Labute approximate surface area is 61.2 Å². The second kappa shape index (κ2) is 4.62. The van der Waals surface area contributed by atoms with Gasteiger partial charge in [0.15, 0.2) is 0 Å². The summed E-state index contributed by atoms with van der Waals surface area (Å²) in [6.45, 7) is 4.03. The van der Waals surface area contributed by atoms with E-state index in [-0.39, 0.29) is 6.61 Å². The average molecular weight is 145 g/mol. The topological polar surface area (TPSA) is 47.5 Å². The van der Waals surface area contributed by atoms with Crippen LogP contribution in [0.4, 0.5) is 0 Å². The molecule has 3 N–H and O–H groups in total. The Balaban J connectivity index is 2.02. The molecule has 1 heterocycles. The highest BCUT2D eigenvalue weighted by Crippen LogP contribution is 1.89. The average Bonchev–Trinajstić information content (AvgIpc) is 2.03. The van der Waals surface area contributed by atoms with Crippen LogP contribution in [-0.2, 0) is 0 Å². The zero-order valence-corrected chi connectivity index (χ0v) is 6.14. The number of aliphatic hydroxyl groups is 1.